The molecule has 0 aromatic carbocycles. The maximum Gasteiger partial charge on any atom is 0.341 e. The number of furan rings is 1. The minimum Gasteiger partial charge on any atom is -0.465 e. The monoisotopic (exact) mass is 288 g/mol. The van der Waals surface area contributed by atoms with E-state index in [1.807, 2.05) is 6.92 Å². The zero-order valence-corrected chi connectivity index (χ0v) is 11.6. The summed E-state index contributed by atoms with van der Waals surface area (Å²) in [5.41, 5.74) is 0.0869. The predicted octanol–water partition coefficient (Wildman–Crippen LogP) is 0.0486. The fourth-order valence-corrected chi connectivity index (χ4v) is 3.53. The normalized spacial score (nSPS) is 21.3. The average Bonchev–Trinajstić information content (AvgIpc) is 2.88. The molecule has 1 N–H and O–H groups in total. The quantitative estimate of drug-likeness (QED) is 0.791. The Labute approximate surface area is 111 Å². The van der Waals surface area contributed by atoms with Crippen molar-refractivity contribution in [1.29, 1.82) is 0 Å². The number of ether oxygens (including phenoxy) is 1. The van der Waals surface area contributed by atoms with Crippen molar-refractivity contribution in [2.75, 3.05) is 26.7 Å². The molecule has 7 nitrogen and oxygen atoms in total. The van der Waals surface area contributed by atoms with Crippen molar-refractivity contribution in [1.82, 2.24) is 9.62 Å². The number of carbonyl (C=O) groups excluding carboxylic acids is 1. The van der Waals surface area contributed by atoms with E-state index in [9.17, 15) is 13.2 Å². The molecule has 2 heterocycles. The van der Waals surface area contributed by atoms with Crippen LogP contribution in [0.15, 0.2) is 21.8 Å². The molecule has 1 aromatic heterocycles. The highest BCUT2D eigenvalue weighted by molar-refractivity contribution is 7.89. The maximum absolute atomic E-state index is 12.4. The molecule has 2 rings (SSSR count). The van der Waals surface area contributed by atoms with Gasteiger partial charge in [0.05, 0.1) is 12.7 Å². The molecule has 1 aliphatic rings. The van der Waals surface area contributed by atoms with Crippen LogP contribution in [0.1, 0.15) is 17.3 Å². The third-order valence-electron chi connectivity index (χ3n) is 3.00. The molecule has 1 saturated heterocycles. The topological polar surface area (TPSA) is 88.8 Å². The van der Waals surface area contributed by atoms with Gasteiger partial charge in [-0.3, -0.25) is 0 Å². The Morgan fingerprint density at radius 2 is 2.32 bits per heavy atom. The summed E-state index contributed by atoms with van der Waals surface area (Å²) in [6, 6.07) is 1.03. The molecular weight excluding hydrogens is 272 g/mol. The van der Waals surface area contributed by atoms with E-state index in [-0.39, 0.29) is 16.7 Å². The molecule has 1 atom stereocenters. The van der Waals surface area contributed by atoms with Crippen LogP contribution in [0.5, 0.6) is 0 Å². The van der Waals surface area contributed by atoms with E-state index in [0.717, 1.165) is 6.26 Å². The van der Waals surface area contributed by atoms with E-state index in [1.165, 1.54) is 17.5 Å². The molecule has 1 unspecified atom stereocenters. The molecule has 19 heavy (non-hydrogen) atoms. The number of carbonyl (C=O) groups is 1. The number of piperazine rings is 1. The van der Waals surface area contributed by atoms with Crippen LogP contribution in [0.3, 0.4) is 0 Å². The van der Waals surface area contributed by atoms with Gasteiger partial charge < -0.3 is 14.5 Å². The molecule has 0 aliphatic carbocycles. The van der Waals surface area contributed by atoms with Crippen molar-refractivity contribution >= 4 is 16.0 Å². The van der Waals surface area contributed by atoms with Gasteiger partial charge in [0.15, 0.2) is 0 Å². The zero-order chi connectivity index (χ0) is 14.0. The van der Waals surface area contributed by atoms with Crippen LogP contribution in [0, 0.1) is 0 Å². The Balaban J connectivity index is 2.28. The van der Waals surface area contributed by atoms with Gasteiger partial charge in [-0.2, -0.15) is 4.31 Å². The van der Waals surface area contributed by atoms with Crippen molar-refractivity contribution in [2.24, 2.45) is 0 Å². The summed E-state index contributed by atoms with van der Waals surface area (Å²) in [6.07, 6.45) is 1.09. The van der Waals surface area contributed by atoms with Gasteiger partial charge in [-0.25, -0.2) is 13.2 Å². The van der Waals surface area contributed by atoms with E-state index in [4.69, 9.17) is 4.42 Å². The van der Waals surface area contributed by atoms with Gasteiger partial charge >= 0.3 is 5.97 Å². The van der Waals surface area contributed by atoms with Crippen molar-refractivity contribution < 1.29 is 22.4 Å². The van der Waals surface area contributed by atoms with Crippen molar-refractivity contribution in [2.45, 2.75) is 18.1 Å². The second-order valence-corrected chi connectivity index (χ2v) is 6.14. The molecule has 0 bridgehead atoms. The number of hydrogen-bond donors (Lipinski definition) is 1. The van der Waals surface area contributed by atoms with Crippen LogP contribution >= 0.6 is 0 Å². The third-order valence-corrected chi connectivity index (χ3v) is 4.88. The first kappa shape index (κ1) is 14.0. The lowest BCUT2D eigenvalue weighted by molar-refractivity contribution is 0.0600. The molecule has 1 aromatic rings. The standard InChI is InChI=1S/C11H16N2O5S/c1-8-6-12-3-4-13(8)19(15,16)10-5-9(7-18-10)11(14)17-2/h5,7-8,12H,3-4,6H2,1-2H3. The second kappa shape index (κ2) is 5.32. The Morgan fingerprint density at radius 3 is 2.95 bits per heavy atom. The summed E-state index contributed by atoms with van der Waals surface area (Å²) >= 11 is 0. The largest absolute Gasteiger partial charge is 0.465 e. The molecular formula is C11H16N2O5S. The number of hydrogen-bond acceptors (Lipinski definition) is 6. The summed E-state index contributed by atoms with van der Waals surface area (Å²) < 4.78 is 35.6. The van der Waals surface area contributed by atoms with E-state index in [2.05, 4.69) is 10.1 Å². The molecule has 1 aliphatic heterocycles. The Kier molecular flexibility index (Phi) is 3.93. The van der Waals surface area contributed by atoms with E-state index in [0.29, 0.717) is 19.6 Å². The lowest BCUT2D eigenvalue weighted by atomic mass is 10.3. The van der Waals surface area contributed by atoms with Crippen molar-refractivity contribution in [3.63, 3.8) is 0 Å². The minimum absolute atomic E-state index is 0.0869. The molecule has 8 heteroatoms. The summed E-state index contributed by atoms with van der Waals surface area (Å²) in [5.74, 6) is -0.626. The van der Waals surface area contributed by atoms with Crippen LogP contribution in [-0.2, 0) is 14.8 Å². The van der Waals surface area contributed by atoms with Gasteiger partial charge in [0.1, 0.15) is 6.26 Å². The summed E-state index contributed by atoms with van der Waals surface area (Å²) in [7, 11) is -2.49. The van der Waals surface area contributed by atoms with Crippen molar-refractivity contribution in [3.8, 4) is 0 Å². The Bertz CT molecular complexity index is 565. The fourth-order valence-electron chi connectivity index (χ4n) is 1.97. The molecule has 0 radical (unpaired) electrons. The third kappa shape index (κ3) is 2.65. The zero-order valence-electron chi connectivity index (χ0n) is 10.8. The molecule has 0 saturated carbocycles. The Morgan fingerprint density at radius 1 is 1.58 bits per heavy atom. The van der Waals surface area contributed by atoms with Gasteiger partial charge in [0, 0.05) is 31.7 Å². The molecule has 0 spiro atoms. The highest BCUT2D eigenvalue weighted by atomic mass is 32.2. The smallest absolute Gasteiger partial charge is 0.341 e. The van der Waals surface area contributed by atoms with E-state index >= 15 is 0 Å². The lowest BCUT2D eigenvalue weighted by Crippen LogP contribution is -2.52. The van der Waals surface area contributed by atoms with Crippen LogP contribution < -0.4 is 5.32 Å². The fraction of sp³-hybridized carbons (Fsp3) is 0.545. The number of esters is 1. The first-order valence-corrected chi connectivity index (χ1v) is 7.30. The number of nitrogens with zero attached hydrogens (tertiary/aromatic N) is 1. The number of nitrogens with one attached hydrogen (secondary N) is 1. The minimum atomic E-state index is -3.71. The summed E-state index contributed by atoms with van der Waals surface area (Å²) in [6.45, 7) is 3.36. The number of methoxy groups -OCH3 is 1. The molecule has 1 fully saturated rings. The first-order chi connectivity index (χ1) is 8.96. The van der Waals surface area contributed by atoms with Crippen molar-refractivity contribution in [3.05, 3.63) is 17.9 Å². The summed E-state index contributed by atoms with van der Waals surface area (Å²) in [4.78, 5) is 11.3. The Hall–Kier alpha value is -1.38. The maximum atomic E-state index is 12.4. The summed E-state index contributed by atoms with van der Waals surface area (Å²) in [5, 5.41) is 2.88. The first-order valence-electron chi connectivity index (χ1n) is 5.86. The highest BCUT2D eigenvalue weighted by Crippen LogP contribution is 2.21. The molecule has 0 amide bonds. The predicted molar refractivity (Wildman–Crippen MR) is 66.3 cm³/mol. The molecule has 106 valence electrons. The van der Waals surface area contributed by atoms with Crippen LogP contribution in [0.25, 0.3) is 0 Å². The van der Waals surface area contributed by atoms with E-state index < -0.39 is 16.0 Å². The van der Waals surface area contributed by atoms with Gasteiger partial charge in [-0.05, 0) is 6.92 Å². The second-order valence-electron chi connectivity index (χ2n) is 4.31. The lowest BCUT2D eigenvalue weighted by Gasteiger charge is -2.31. The highest BCUT2D eigenvalue weighted by Gasteiger charge is 2.33. The van der Waals surface area contributed by atoms with Gasteiger partial charge in [-0.1, -0.05) is 0 Å². The number of rotatable bonds is 3. The van der Waals surface area contributed by atoms with Crippen LogP contribution in [0.2, 0.25) is 0 Å². The van der Waals surface area contributed by atoms with Gasteiger partial charge in [-0.15, -0.1) is 0 Å². The van der Waals surface area contributed by atoms with Crippen LogP contribution in [0.4, 0.5) is 0 Å². The number of sulfonamides is 1. The van der Waals surface area contributed by atoms with Crippen LogP contribution in [-0.4, -0.2) is 51.5 Å². The van der Waals surface area contributed by atoms with Gasteiger partial charge in [0.25, 0.3) is 10.0 Å². The SMILES string of the molecule is COC(=O)c1coc(S(=O)(=O)N2CCNCC2C)c1. The van der Waals surface area contributed by atoms with E-state index in [1.54, 1.807) is 0 Å². The van der Waals surface area contributed by atoms with Gasteiger partial charge in [0.2, 0.25) is 5.09 Å². The average molecular weight is 288 g/mol.